The summed E-state index contributed by atoms with van der Waals surface area (Å²) in [7, 11) is 2.18. The van der Waals surface area contributed by atoms with E-state index < -0.39 is 0 Å². The fourth-order valence-corrected chi connectivity index (χ4v) is 3.11. The van der Waals surface area contributed by atoms with E-state index in [1.54, 1.807) is 0 Å². The highest BCUT2D eigenvalue weighted by molar-refractivity contribution is 7.80. The van der Waals surface area contributed by atoms with Gasteiger partial charge in [-0.3, -0.25) is 4.90 Å². The molecule has 138 valence electrons. The SMILES string of the molecule is Cc1ccc(Oc2ccc(CN3CCN(C)CC3)cc2)cc1NC(N)=S. The van der Waals surface area contributed by atoms with Crippen molar-refractivity contribution in [2.24, 2.45) is 5.73 Å². The third kappa shape index (κ3) is 5.17. The van der Waals surface area contributed by atoms with Gasteiger partial charge in [0, 0.05) is 44.5 Å². The summed E-state index contributed by atoms with van der Waals surface area (Å²) in [6, 6.07) is 14.1. The number of benzene rings is 2. The molecule has 3 rings (SSSR count). The molecule has 6 heteroatoms. The Morgan fingerprint density at radius 3 is 2.38 bits per heavy atom. The van der Waals surface area contributed by atoms with E-state index in [1.807, 2.05) is 37.3 Å². The van der Waals surface area contributed by atoms with Crippen molar-refractivity contribution < 1.29 is 4.74 Å². The highest BCUT2D eigenvalue weighted by Crippen LogP contribution is 2.27. The first-order chi connectivity index (χ1) is 12.5. The molecule has 0 aliphatic carbocycles. The average Bonchev–Trinajstić information content (AvgIpc) is 2.61. The molecule has 0 bridgehead atoms. The van der Waals surface area contributed by atoms with Crippen LogP contribution in [0.5, 0.6) is 11.5 Å². The number of likely N-dealkylation sites (N-methyl/N-ethyl adjacent to an activating group) is 1. The minimum Gasteiger partial charge on any atom is -0.457 e. The molecule has 0 saturated carbocycles. The lowest BCUT2D eigenvalue weighted by molar-refractivity contribution is 0.148. The molecule has 1 fully saturated rings. The maximum atomic E-state index is 5.97. The Hall–Kier alpha value is -2.15. The van der Waals surface area contributed by atoms with Crippen LogP contribution in [-0.4, -0.2) is 48.1 Å². The van der Waals surface area contributed by atoms with Gasteiger partial charge in [-0.1, -0.05) is 18.2 Å². The molecule has 0 atom stereocenters. The summed E-state index contributed by atoms with van der Waals surface area (Å²) >= 11 is 4.92. The van der Waals surface area contributed by atoms with Crippen LogP contribution in [0.25, 0.3) is 0 Å². The Balaban J connectivity index is 1.61. The summed E-state index contributed by atoms with van der Waals surface area (Å²) in [4.78, 5) is 4.86. The third-order valence-electron chi connectivity index (χ3n) is 4.63. The van der Waals surface area contributed by atoms with Crippen molar-refractivity contribution in [3.63, 3.8) is 0 Å². The molecule has 2 aromatic rings. The van der Waals surface area contributed by atoms with E-state index in [4.69, 9.17) is 22.7 Å². The molecule has 0 aromatic heterocycles. The van der Waals surface area contributed by atoms with Gasteiger partial charge in [0.15, 0.2) is 5.11 Å². The summed E-state index contributed by atoms with van der Waals surface area (Å²) in [5.41, 5.74) is 8.80. The number of nitrogens with one attached hydrogen (secondary N) is 1. The molecule has 5 nitrogen and oxygen atoms in total. The minimum atomic E-state index is 0.249. The lowest BCUT2D eigenvalue weighted by Crippen LogP contribution is -2.43. The van der Waals surface area contributed by atoms with Crippen molar-refractivity contribution in [1.29, 1.82) is 0 Å². The van der Waals surface area contributed by atoms with E-state index >= 15 is 0 Å². The zero-order valence-corrected chi connectivity index (χ0v) is 16.2. The summed E-state index contributed by atoms with van der Waals surface area (Å²) in [6.07, 6.45) is 0. The van der Waals surface area contributed by atoms with Crippen molar-refractivity contribution >= 4 is 23.0 Å². The second-order valence-electron chi connectivity index (χ2n) is 6.79. The van der Waals surface area contributed by atoms with Crippen LogP contribution in [0.2, 0.25) is 0 Å². The van der Waals surface area contributed by atoms with Gasteiger partial charge in [0.05, 0.1) is 0 Å². The molecule has 0 unspecified atom stereocenters. The molecule has 1 aliphatic heterocycles. The van der Waals surface area contributed by atoms with Gasteiger partial charge in [-0.25, -0.2) is 0 Å². The van der Waals surface area contributed by atoms with E-state index in [0.29, 0.717) is 0 Å². The fraction of sp³-hybridized carbons (Fsp3) is 0.350. The van der Waals surface area contributed by atoms with Crippen LogP contribution in [-0.2, 0) is 6.54 Å². The Morgan fingerprint density at radius 1 is 1.08 bits per heavy atom. The normalized spacial score (nSPS) is 15.6. The highest BCUT2D eigenvalue weighted by Gasteiger charge is 2.13. The third-order valence-corrected chi connectivity index (χ3v) is 4.73. The zero-order valence-electron chi connectivity index (χ0n) is 15.4. The monoisotopic (exact) mass is 370 g/mol. The first-order valence-corrected chi connectivity index (χ1v) is 9.25. The van der Waals surface area contributed by atoms with Crippen LogP contribution in [0.3, 0.4) is 0 Å². The largest absolute Gasteiger partial charge is 0.457 e. The van der Waals surface area contributed by atoms with Gasteiger partial charge in [0.25, 0.3) is 0 Å². The molecular weight excluding hydrogens is 344 g/mol. The number of hydrogen-bond donors (Lipinski definition) is 2. The second-order valence-corrected chi connectivity index (χ2v) is 7.23. The first-order valence-electron chi connectivity index (χ1n) is 8.84. The first kappa shape index (κ1) is 18.6. The van der Waals surface area contributed by atoms with Gasteiger partial charge in [0.1, 0.15) is 11.5 Å². The Labute approximate surface area is 160 Å². The Kier molecular flexibility index (Phi) is 6.08. The van der Waals surface area contributed by atoms with Gasteiger partial charge < -0.3 is 20.7 Å². The molecule has 1 saturated heterocycles. The Morgan fingerprint density at radius 2 is 1.73 bits per heavy atom. The maximum Gasteiger partial charge on any atom is 0.168 e. The Bertz CT molecular complexity index is 755. The molecular formula is C20H26N4OS. The average molecular weight is 371 g/mol. The smallest absolute Gasteiger partial charge is 0.168 e. The number of thiocarbonyl (C=S) groups is 1. The number of hydrogen-bond acceptors (Lipinski definition) is 4. The summed E-state index contributed by atoms with van der Waals surface area (Å²) in [5.74, 6) is 1.57. The molecule has 0 radical (unpaired) electrons. The number of piperazine rings is 1. The van der Waals surface area contributed by atoms with Crippen LogP contribution < -0.4 is 15.8 Å². The van der Waals surface area contributed by atoms with E-state index in [2.05, 4.69) is 34.3 Å². The predicted octanol–water partition coefficient (Wildman–Crippen LogP) is 3.19. The molecule has 0 amide bonds. The molecule has 2 aromatic carbocycles. The quantitative estimate of drug-likeness (QED) is 0.789. The van der Waals surface area contributed by atoms with Gasteiger partial charge in [-0.15, -0.1) is 0 Å². The van der Waals surface area contributed by atoms with Gasteiger partial charge in [0.2, 0.25) is 0 Å². The molecule has 1 heterocycles. The van der Waals surface area contributed by atoms with Crippen molar-refractivity contribution in [1.82, 2.24) is 9.80 Å². The maximum absolute atomic E-state index is 5.97. The minimum absolute atomic E-state index is 0.249. The van der Waals surface area contributed by atoms with Crippen molar-refractivity contribution in [3.05, 3.63) is 53.6 Å². The van der Waals surface area contributed by atoms with E-state index in [-0.39, 0.29) is 5.11 Å². The second kappa shape index (κ2) is 8.49. The molecule has 26 heavy (non-hydrogen) atoms. The summed E-state index contributed by atoms with van der Waals surface area (Å²) < 4.78 is 5.97. The van der Waals surface area contributed by atoms with Crippen molar-refractivity contribution in [3.8, 4) is 11.5 Å². The number of nitrogens with two attached hydrogens (primary N) is 1. The van der Waals surface area contributed by atoms with Gasteiger partial charge in [-0.05, 0) is 55.5 Å². The topological polar surface area (TPSA) is 53.8 Å². The van der Waals surface area contributed by atoms with E-state index in [0.717, 1.165) is 55.5 Å². The molecule has 3 N–H and O–H groups in total. The molecule has 0 spiro atoms. The van der Waals surface area contributed by atoms with Crippen molar-refractivity contribution in [2.45, 2.75) is 13.5 Å². The van der Waals surface area contributed by atoms with Crippen LogP contribution >= 0.6 is 12.2 Å². The predicted molar refractivity (Wildman–Crippen MR) is 111 cm³/mol. The van der Waals surface area contributed by atoms with E-state index in [1.165, 1.54) is 5.56 Å². The van der Waals surface area contributed by atoms with E-state index in [9.17, 15) is 0 Å². The van der Waals surface area contributed by atoms with Crippen LogP contribution in [0.4, 0.5) is 5.69 Å². The fourth-order valence-electron chi connectivity index (χ4n) is 3.00. The molecule has 1 aliphatic rings. The van der Waals surface area contributed by atoms with Crippen LogP contribution in [0.15, 0.2) is 42.5 Å². The lowest BCUT2D eigenvalue weighted by atomic mass is 10.2. The number of nitrogens with zero attached hydrogens (tertiary/aromatic N) is 2. The standard InChI is InChI=1S/C20H26N4OS/c1-15-3-6-18(13-19(15)22-20(21)26)25-17-7-4-16(5-8-17)14-24-11-9-23(2)10-12-24/h3-8,13H,9-12,14H2,1-2H3,(H3,21,22,26). The van der Waals surface area contributed by atoms with Crippen LogP contribution in [0.1, 0.15) is 11.1 Å². The van der Waals surface area contributed by atoms with Crippen LogP contribution in [0, 0.1) is 6.92 Å². The summed E-state index contributed by atoms with van der Waals surface area (Å²) in [5, 5.41) is 3.23. The lowest BCUT2D eigenvalue weighted by Gasteiger charge is -2.32. The number of rotatable bonds is 5. The number of aryl methyl sites for hydroxylation is 1. The van der Waals surface area contributed by atoms with Gasteiger partial charge >= 0.3 is 0 Å². The number of ether oxygens (including phenoxy) is 1. The highest BCUT2D eigenvalue weighted by atomic mass is 32.1. The summed E-state index contributed by atoms with van der Waals surface area (Å²) in [6.45, 7) is 7.50. The zero-order chi connectivity index (χ0) is 18.5. The number of anilines is 1. The van der Waals surface area contributed by atoms with Gasteiger partial charge in [-0.2, -0.15) is 0 Å². The van der Waals surface area contributed by atoms with Crippen molar-refractivity contribution in [2.75, 3.05) is 38.5 Å².